The molecule has 0 radical (unpaired) electrons. The highest BCUT2D eigenvalue weighted by molar-refractivity contribution is 7.57. The molecule has 20 heavy (non-hydrogen) atoms. The molecule has 118 valence electrons. The van der Waals surface area contributed by atoms with Crippen LogP contribution in [0.25, 0.3) is 0 Å². The van der Waals surface area contributed by atoms with Crippen LogP contribution in [-0.2, 0) is 9.09 Å². The first kappa shape index (κ1) is 19.5. The molecule has 0 aliphatic heterocycles. The van der Waals surface area contributed by atoms with Gasteiger partial charge in [-0.2, -0.15) is 5.26 Å². The fourth-order valence-electron chi connectivity index (χ4n) is 2.17. The number of nitriles is 1. The Hall–Kier alpha value is -0.480. The van der Waals surface area contributed by atoms with Crippen LogP contribution in [0.1, 0.15) is 34.6 Å². The Bertz CT molecular complexity index is 389. The van der Waals surface area contributed by atoms with E-state index in [-0.39, 0.29) is 18.7 Å². The maximum Gasteiger partial charge on any atom is 0.304 e. The maximum atomic E-state index is 13.1. The third kappa shape index (κ3) is 3.79. The van der Waals surface area contributed by atoms with Crippen molar-refractivity contribution in [2.24, 2.45) is 5.73 Å². The van der Waals surface area contributed by atoms with E-state index >= 15 is 0 Å². The van der Waals surface area contributed by atoms with Crippen LogP contribution in [0.3, 0.4) is 0 Å². The topological polar surface area (TPSA) is 120 Å². The predicted octanol–water partition coefficient (Wildman–Crippen LogP) is 0.867. The van der Waals surface area contributed by atoms with E-state index in [1.165, 1.54) is 10.7 Å². The van der Waals surface area contributed by atoms with Crippen molar-refractivity contribution in [2.75, 3.05) is 13.2 Å². The standard InChI is InChI=1S/C12H26N3O4P/c1-6-19-20(18,15(9(2)3)10(4)5)11(16)12(17,7-13)8-14/h9-11,16-17H,6-7,13H2,1-5H3. The van der Waals surface area contributed by atoms with Gasteiger partial charge in [-0.25, -0.2) is 4.67 Å². The van der Waals surface area contributed by atoms with Gasteiger partial charge in [0.25, 0.3) is 0 Å². The van der Waals surface area contributed by atoms with Gasteiger partial charge in [0.2, 0.25) is 0 Å². The first-order valence-electron chi connectivity index (χ1n) is 6.65. The first-order chi connectivity index (χ1) is 9.10. The third-order valence-electron chi connectivity index (χ3n) is 2.94. The Kier molecular flexibility index (Phi) is 7.33. The largest absolute Gasteiger partial charge is 0.378 e. The van der Waals surface area contributed by atoms with Crippen molar-refractivity contribution in [3.05, 3.63) is 0 Å². The molecule has 8 heteroatoms. The van der Waals surface area contributed by atoms with Crippen molar-refractivity contribution in [3.63, 3.8) is 0 Å². The lowest BCUT2D eigenvalue weighted by atomic mass is 10.1. The molecule has 0 aromatic heterocycles. The second kappa shape index (κ2) is 7.51. The smallest absolute Gasteiger partial charge is 0.304 e. The molecular formula is C12H26N3O4P. The average Bonchev–Trinajstić information content (AvgIpc) is 2.36. The van der Waals surface area contributed by atoms with Crippen molar-refractivity contribution in [3.8, 4) is 6.07 Å². The fraction of sp³-hybridized carbons (Fsp3) is 0.917. The van der Waals surface area contributed by atoms with Crippen LogP contribution in [0, 0.1) is 11.3 Å². The lowest BCUT2D eigenvalue weighted by molar-refractivity contribution is 0.000517. The predicted molar refractivity (Wildman–Crippen MR) is 77.0 cm³/mol. The highest BCUT2D eigenvalue weighted by atomic mass is 31.2. The van der Waals surface area contributed by atoms with Gasteiger partial charge < -0.3 is 20.5 Å². The van der Waals surface area contributed by atoms with Gasteiger partial charge in [0.15, 0.2) is 11.4 Å². The van der Waals surface area contributed by atoms with E-state index in [4.69, 9.17) is 15.5 Å². The summed E-state index contributed by atoms with van der Waals surface area (Å²) in [5.74, 6) is -1.89. The van der Waals surface area contributed by atoms with Gasteiger partial charge in [0.05, 0.1) is 6.61 Å². The molecule has 0 rings (SSSR count). The number of nitrogens with zero attached hydrogens (tertiary/aromatic N) is 2. The van der Waals surface area contributed by atoms with E-state index in [1.807, 2.05) is 0 Å². The van der Waals surface area contributed by atoms with Crippen molar-refractivity contribution < 1.29 is 19.3 Å². The molecule has 0 aliphatic rings. The third-order valence-corrected chi connectivity index (χ3v) is 6.18. The first-order valence-corrected chi connectivity index (χ1v) is 8.30. The molecule has 4 N–H and O–H groups in total. The van der Waals surface area contributed by atoms with Gasteiger partial charge in [-0.1, -0.05) is 0 Å². The molecule has 3 unspecified atom stereocenters. The van der Waals surface area contributed by atoms with Crippen molar-refractivity contribution in [1.82, 2.24) is 4.67 Å². The van der Waals surface area contributed by atoms with Gasteiger partial charge >= 0.3 is 7.52 Å². The highest BCUT2D eigenvalue weighted by Crippen LogP contribution is 2.59. The second-order valence-electron chi connectivity index (χ2n) is 5.16. The van der Waals surface area contributed by atoms with Crippen molar-refractivity contribution >= 4 is 7.52 Å². The quantitative estimate of drug-likeness (QED) is 0.449. The minimum absolute atomic E-state index is 0.0797. The van der Waals surface area contributed by atoms with E-state index < -0.39 is 25.5 Å². The van der Waals surface area contributed by atoms with Crippen LogP contribution in [0.5, 0.6) is 0 Å². The zero-order valence-corrected chi connectivity index (χ0v) is 13.7. The Morgan fingerprint density at radius 3 is 2.10 bits per heavy atom. The van der Waals surface area contributed by atoms with Crippen molar-refractivity contribution in [2.45, 2.75) is 58.1 Å². The van der Waals surface area contributed by atoms with E-state index in [1.54, 1.807) is 34.6 Å². The molecule has 7 nitrogen and oxygen atoms in total. The molecule has 0 aromatic rings. The molecular weight excluding hydrogens is 281 g/mol. The molecule has 0 aromatic carbocycles. The summed E-state index contributed by atoms with van der Waals surface area (Å²) >= 11 is 0. The molecule has 0 saturated heterocycles. The van der Waals surface area contributed by atoms with Crippen molar-refractivity contribution in [1.29, 1.82) is 5.26 Å². The minimum Gasteiger partial charge on any atom is -0.378 e. The Labute approximate surface area is 120 Å². The summed E-state index contributed by atoms with van der Waals surface area (Å²) in [4.78, 5) is 0. The van der Waals surface area contributed by atoms with Gasteiger partial charge in [-0.3, -0.25) is 4.57 Å². The van der Waals surface area contributed by atoms with Gasteiger partial charge in [0, 0.05) is 18.6 Å². The molecule has 0 fully saturated rings. The number of nitrogens with two attached hydrogens (primary N) is 1. The summed E-state index contributed by atoms with van der Waals surface area (Å²) in [6, 6.07) is 1.11. The van der Waals surface area contributed by atoms with E-state index in [9.17, 15) is 14.8 Å². The second-order valence-corrected chi connectivity index (χ2v) is 7.50. The number of hydrogen-bond acceptors (Lipinski definition) is 6. The molecule has 0 heterocycles. The molecule has 0 spiro atoms. The molecule has 0 aliphatic carbocycles. The van der Waals surface area contributed by atoms with E-state index in [0.717, 1.165) is 0 Å². The lowest BCUT2D eigenvalue weighted by Crippen LogP contribution is -2.51. The summed E-state index contributed by atoms with van der Waals surface area (Å²) in [5.41, 5.74) is 3.02. The van der Waals surface area contributed by atoms with E-state index in [2.05, 4.69) is 0 Å². The zero-order chi connectivity index (χ0) is 16.1. The van der Waals surface area contributed by atoms with Gasteiger partial charge in [0.1, 0.15) is 6.07 Å². The highest BCUT2D eigenvalue weighted by Gasteiger charge is 2.52. The summed E-state index contributed by atoms with van der Waals surface area (Å²) in [6.07, 6.45) is 0. The summed E-state index contributed by atoms with van der Waals surface area (Å²) in [7, 11) is -3.85. The van der Waals surface area contributed by atoms with Crippen LogP contribution in [0.4, 0.5) is 0 Å². The monoisotopic (exact) mass is 307 g/mol. The molecule has 3 atom stereocenters. The zero-order valence-electron chi connectivity index (χ0n) is 12.8. The number of aliphatic hydroxyl groups excluding tert-OH is 1. The SMILES string of the molecule is CCOP(=O)(C(O)C(O)(C#N)CN)N(C(C)C)C(C)C. The van der Waals surface area contributed by atoms with Gasteiger partial charge in [-0.05, 0) is 34.6 Å². The fourth-order valence-corrected chi connectivity index (χ4v) is 5.05. The van der Waals surface area contributed by atoms with Crippen LogP contribution in [0.2, 0.25) is 0 Å². The molecule has 0 saturated carbocycles. The molecule has 0 bridgehead atoms. The number of aliphatic hydroxyl groups is 2. The van der Waals surface area contributed by atoms with Crippen LogP contribution >= 0.6 is 7.52 Å². The Balaban J connectivity index is 5.83. The van der Waals surface area contributed by atoms with Gasteiger partial charge in [-0.15, -0.1) is 0 Å². The summed E-state index contributed by atoms with van der Waals surface area (Å²) in [6.45, 7) is 8.37. The van der Waals surface area contributed by atoms with E-state index in [0.29, 0.717) is 0 Å². The Morgan fingerprint density at radius 1 is 1.40 bits per heavy atom. The summed E-state index contributed by atoms with van der Waals surface area (Å²) in [5, 5.41) is 29.4. The number of rotatable bonds is 8. The summed E-state index contributed by atoms with van der Waals surface area (Å²) < 4.78 is 19.9. The molecule has 0 amide bonds. The average molecular weight is 307 g/mol. The lowest BCUT2D eigenvalue weighted by Gasteiger charge is -2.41. The number of hydrogen-bond donors (Lipinski definition) is 3. The normalized spacial score (nSPS) is 19.7. The van der Waals surface area contributed by atoms with Crippen LogP contribution in [0.15, 0.2) is 0 Å². The van der Waals surface area contributed by atoms with Crippen LogP contribution in [-0.4, -0.2) is 51.6 Å². The van der Waals surface area contributed by atoms with Crippen LogP contribution < -0.4 is 5.73 Å². The Morgan fingerprint density at radius 2 is 1.85 bits per heavy atom. The minimum atomic E-state index is -3.85. The maximum absolute atomic E-state index is 13.1.